The van der Waals surface area contributed by atoms with Crippen LogP contribution in [0.15, 0.2) is 0 Å². The molecule has 0 bridgehead atoms. The number of ether oxygens (including phenoxy) is 2. The molecule has 134 valence electrons. The fourth-order valence-corrected chi connectivity index (χ4v) is 5.26. The molecular weight excluding hydrogens is 524 g/mol. The zero-order valence-electron chi connectivity index (χ0n) is 14.0. The van der Waals surface area contributed by atoms with Gasteiger partial charge < -0.3 is 37.9 Å². The van der Waals surface area contributed by atoms with Crippen LogP contribution in [0.1, 0.15) is 39.5 Å². The number of halogens is 2. The molecule has 7 heteroatoms. The maximum atomic E-state index is 12.6. The van der Waals surface area contributed by atoms with E-state index in [1.165, 1.54) is 19.3 Å². The molecule has 2 rings (SSSR count). The van der Waals surface area contributed by atoms with E-state index in [1.807, 2.05) is 0 Å². The molecule has 5 nitrogen and oxygen atoms in total. The Balaban J connectivity index is 0.00000264. The van der Waals surface area contributed by atoms with Gasteiger partial charge in [0.15, 0.2) is 0 Å². The average molecular weight is 551 g/mol. The summed E-state index contributed by atoms with van der Waals surface area (Å²) in [5.74, 6) is -0.771. The third-order valence-electron chi connectivity index (χ3n) is 5.16. The molecule has 0 aromatic heterocycles. The van der Waals surface area contributed by atoms with Crippen molar-refractivity contribution in [2.75, 3.05) is 37.3 Å². The summed E-state index contributed by atoms with van der Waals surface area (Å²) in [6.45, 7) is 6.85. The van der Waals surface area contributed by atoms with Crippen molar-refractivity contribution in [3.8, 4) is 0 Å². The van der Waals surface area contributed by atoms with E-state index in [-0.39, 0.29) is 35.9 Å². The van der Waals surface area contributed by atoms with Gasteiger partial charge in [-0.15, -0.1) is 0 Å². The van der Waals surface area contributed by atoms with Gasteiger partial charge in [0.1, 0.15) is 12.6 Å². The Kier molecular flexibility index (Phi) is 8.53. The standard InChI is InChI=1S/C16H27INO4.HI/c1-3-21-14(19)16(15(20)22-4-2)10-13(11-17)18(12-16)8-6-5-7-9-18;/h13H,3-12H2,1-2H3;1H/q+1;/p-1. The van der Waals surface area contributed by atoms with Crippen LogP contribution in [0.2, 0.25) is 0 Å². The molecule has 2 heterocycles. The molecule has 0 aliphatic carbocycles. The predicted octanol–water partition coefficient (Wildman–Crippen LogP) is -0.689. The van der Waals surface area contributed by atoms with E-state index >= 15 is 0 Å². The topological polar surface area (TPSA) is 52.6 Å². The molecule has 0 aromatic rings. The molecule has 1 unspecified atom stereocenters. The number of piperidine rings is 1. The lowest BCUT2D eigenvalue weighted by atomic mass is 9.85. The van der Waals surface area contributed by atoms with Crippen LogP contribution in [-0.2, 0) is 19.1 Å². The van der Waals surface area contributed by atoms with E-state index in [0.29, 0.717) is 32.2 Å². The molecule has 2 aliphatic rings. The summed E-state index contributed by atoms with van der Waals surface area (Å²) >= 11 is 2.39. The first-order chi connectivity index (χ1) is 10.5. The number of alkyl halides is 1. The predicted molar refractivity (Wildman–Crippen MR) is 91.7 cm³/mol. The van der Waals surface area contributed by atoms with Crippen molar-refractivity contribution in [2.45, 2.75) is 45.6 Å². The molecule has 2 aliphatic heterocycles. The van der Waals surface area contributed by atoms with E-state index < -0.39 is 5.41 Å². The van der Waals surface area contributed by atoms with Crippen molar-refractivity contribution in [3.63, 3.8) is 0 Å². The zero-order valence-corrected chi connectivity index (χ0v) is 18.3. The molecule has 0 amide bonds. The molecule has 23 heavy (non-hydrogen) atoms. The van der Waals surface area contributed by atoms with Gasteiger partial charge in [-0.3, -0.25) is 9.59 Å². The monoisotopic (exact) mass is 551 g/mol. The van der Waals surface area contributed by atoms with E-state index in [9.17, 15) is 9.59 Å². The van der Waals surface area contributed by atoms with Crippen LogP contribution in [0.3, 0.4) is 0 Å². The average Bonchev–Trinajstić information content (AvgIpc) is 2.84. The van der Waals surface area contributed by atoms with Crippen molar-refractivity contribution in [3.05, 3.63) is 0 Å². The Labute approximate surface area is 169 Å². The van der Waals surface area contributed by atoms with Gasteiger partial charge >= 0.3 is 11.9 Å². The van der Waals surface area contributed by atoms with E-state index in [4.69, 9.17) is 9.47 Å². The molecule has 2 fully saturated rings. The van der Waals surface area contributed by atoms with Gasteiger partial charge in [-0.05, 0) is 33.1 Å². The molecule has 0 saturated carbocycles. The first-order valence-corrected chi connectivity index (χ1v) is 9.83. The van der Waals surface area contributed by atoms with Crippen LogP contribution in [0, 0.1) is 5.41 Å². The van der Waals surface area contributed by atoms with E-state index in [0.717, 1.165) is 22.0 Å². The van der Waals surface area contributed by atoms with Gasteiger partial charge in [0.25, 0.3) is 0 Å². The smallest absolute Gasteiger partial charge is 0.329 e. The van der Waals surface area contributed by atoms with Crippen LogP contribution in [-0.4, -0.2) is 59.7 Å². The second-order valence-corrected chi connectivity index (χ2v) is 7.30. The molecule has 0 aromatic carbocycles. The number of rotatable bonds is 5. The summed E-state index contributed by atoms with van der Waals surface area (Å²) in [5.41, 5.74) is -1.10. The Bertz CT molecular complexity index is 406. The Hall–Kier alpha value is 0.360. The second kappa shape index (κ2) is 9.17. The van der Waals surface area contributed by atoms with Crippen LogP contribution in [0.25, 0.3) is 0 Å². The maximum absolute atomic E-state index is 12.6. The molecule has 1 spiro atoms. The van der Waals surface area contributed by atoms with Crippen molar-refractivity contribution in [1.29, 1.82) is 0 Å². The molecule has 1 atom stereocenters. The number of nitrogens with zero attached hydrogens (tertiary/aromatic N) is 1. The molecule has 0 radical (unpaired) electrons. The number of hydrogen-bond donors (Lipinski definition) is 0. The SMILES string of the molecule is CCOC(=O)C1(C(=O)OCC)CC(CI)[N+]2(CCCCC2)C1.[I-]. The lowest BCUT2D eigenvalue weighted by Gasteiger charge is -2.42. The fraction of sp³-hybridized carbons (Fsp3) is 0.875. The van der Waals surface area contributed by atoms with Crippen LogP contribution in [0.5, 0.6) is 0 Å². The Morgan fingerprint density at radius 3 is 2.04 bits per heavy atom. The summed E-state index contributed by atoms with van der Waals surface area (Å²) in [5, 5.41) is 0. The van der Waals surface area contributed by atoms with Crippen molar-refractivity contribution >= 4 is 34.5 Å². The fourth-order valence-electron chi connectivity index (χ4n) is 4.11. The Morgan fingerprint density at radius 2 is 1.61 bits per heavy atom. The highest BCUT2D eigenvalue weighted by Gasteiger charge is 2.64. The van der Waals surface area contributed by atoms with Gasteiger partial charge in [0.2, 0.25) is 5.41 Å². The van der Waals surface area contributed by atoms with Gasteiger partial charge in [0, 0.05) is 6.42 Å². The van der Waals surface area contributed by atoms with Gasteiger partial charge in [-0.25, -0.2) is 0 Å². The number of esters is 2. The van der Waals surface area contributed by atoms with Crippen molar-refractivity contribution < 1.29 is 47.5 Å². The number of carbonyl (C=O) groups is 2. The maximum Gasteiger partial charge on any atom is 0.329 e. The van der Waals surface area contributed by atoms with Gasteiger partial charge in [-0.2, -0.15) is 0 Å². The van der Waals surface area contributed by atoms with Crippen molar-refractivity contribution in [1.82, 2.24) is 0 Å². The number of carbonyl (C=O) groups excluding carboxylic acids is 2. The molecule has 2 saturated heterocycles. The summed E-state index contributed by atoms with van der Waals surface area (Å²) in [7, 11) is 0. The minimum Gasteiger partial charge on any atom is -1.00 e. The quantitative estimate of drug-likeness (QED) is 0.150. The largest absolute Gasteiger partial charge is 1.00 e. The molecule has 0 N–H and O–H groups in total. The second-order valence-electron chi connectivity index (χ2n) is 6.42. The third kappa shape index (κ3) is 4.13. The lowest BCUT2D eigenvalue weighted by molar-refractivity contribution is -0.942. The van der Waals surface area contributed by atoms with E-state index in [1.54, 1.807) is 13.8 Å². The first-order valence-electron chi connectivity index (χ1n) is 8.31. The van der Waals surface area contributed by atoms with Crippen LogP contribution in [0.4, 0.5) is 0 Å². The lowest BCUT2D eigenvalue weighted by Crippen LogP contribution is -3.00. The molecular formula is C16H27I2NO4. The van der Waals surface area contributed by atoms with Crippen LogP contribution < -0.4 is 24.0 Å². The summed E-state index contributed by atoms with van der Waals surface area (Å²) in [4.78, 5) is 25.3. The van der Waals surface area contributed by atoms with Crippen LogP contribution >= 0.6 is 22.6 Å². The Morgan fingerprint density at radius 1 is 1.09 bits per heavy atom. The minimum atomic E-state index is -1.10. The summed E-state index contributed by atoms with van der Waals surface area (Å²) in [6.07, 6.45) is 4.16. The highest BCUT2D eigenvalue weighted by atomic mass is 127. The first kappa shape index (κ1) is 21.4. The van der Waals surface area contributed by atoms with Gasteiger partial charge in [0.05, 0.1) is 30.7 Å². The van der Waals surface area contributed by atoms with Crippen molar-refractivity contribution in [2.24, 2.45) is 5.41 Å². The minimum absolute atomic E-state index is 0. The van der Waals surface area contributed by atoms with Gasteiger partial charge in [-0.1, -0.05) is 22.6 Å². The number of quaternary nitrogens is 1. The normalized spacial score (nSPS) is 24.7. The number of hydrogen-bond acceptors (Lipinski definition) is 4. The highest BCUT2D eigenvalue weighted by Crippen LogP contribution is 2.45. The highest BCUT2D eigenvalue weighted by molar-refractivity contribution is 14.1. The third-order valence-corrected chi connectivity index (χ3v) is 6.18. The van der Waals surface area contributed by atoms with E-state index in [2.05, 4.69) is 22.6 Å². The summed E-state index contributed by atoms with van der Waals surface area (Å²) < 4.78 is 12.4. The zero-order chi connectivity index (χ0) is 16.2. The summed E-state index contributed by atoms with van der Waals surface area (Å²) in [6, 6.07) is 0.342.